The number of carbonyl (C=O) groups is 1. The van der Waals surface area contributed by atoms with E-state index in [1.807, 2.05) is 30.3 Å². The summed E-state index contributed by atoms with van der Waals surface area (Å²) in [6.45, 7) is 0. The molecule has 1 aromatic heterocycles. The Kier molecular flexibility index (Phi) is 2.91. The lowest BCUT2D eigenvalue weighted by atomic mass is 10.3. The number of carbonyl (C=O) groups excluding carboxylic acids is 1. The Morgan fingerprint density at radius 3 is 2.50 bits per heavy atom. The molecule has 16 heavy (non-hydrogen) atoms. The number of hydrogen-bond donors (Lipinski definition) is 2. The van der Waals surface area contributed by atoms with Gasteiger partial charge >= 0.3 is 0 Å². The van der Waals surface area contributed by atoms with Gasteiger partial charge < -0.3 is 15.1 Å². The molecule has 0 aliphatic carbocycles. The number of nitrogens with one attached hydrogen (secondary N) is 2. The number of benzene rings is 1. The fraction of sp³-hybridized carbons (Fsp3) is 0.0833. The molecule has 0 spiro atoms. The minimum atomic E-state index is -0.257. The molecular weight excluding hydrogens is 204 g/mol. The zero-order valence-electron chi connectivity index (χ0n) is 8.86. The maximum Gasteiger partial charge on any atom is 0.291 e. The highest BCUT2D eigenvalue weighted by atomic mass is 16.4. The van der Waals surface area contributed by atoms with Crippen molar-refractivity contribution in [1.29, 1.82) is 0 Å². The third-order valence-corrected chi connectivity index (χ3v) is 2.11. The fourth-order valence-corrected chi connectivity index (χ4v) is 1.31. The van der Waals surface area contributed by atoms with Crippen LogP contribution in [0, 0.1) is 0 Å². The van der Waals surface area contributed by atoms with Gasteiger partial charge in [-0.25, -0.2) is 0 Å². The zero-order chi connectivity index (χ0) is 11.4. The van der Waals surface area contributed by atoms with Crippen LogP contribution in [0.3, 0.4) is 0 Å². The zero-order valence-corrected chi connectivity index (χ0v) is 8.86. The van der Waals surface area contributed by atoms with Gasteiger partial charge in [0.05, 0.1) is 0 Å². The van der Waals surface area contributed by atoms with Gasteiger partial charge in [0.2, 0.25) is 0 Å². The average Bonchev–Trinajstić information content (AvgIpc) is 2.79. The second-order valence-corrected chi connectivity index (χ2v) is 3.23. The second kappa shape index (κ2) is 4.53. The molecule has 2 aromatic rings. The molecule has 4 nitrogen and oxygen atoms in total. The number of furan rings is 1. The van der Waals surface area contributed by atoms with Gasteiger partial charge in [0.15, 0.2) is 11.6 Å². The Morgan fingerprint density at radius 1 is 1.12 bits per heavy atom. The maximum absolute atomic E-state index is 11.7. The minimum Gasteiger partial charge on any atom is -0.436 e. The standard InChI is InChI=1S/C12H12N2O2/c1-13-11-8-7-10(16-11)12(15)14-9-5-3-2-4-6-9/h2-8,13H,1H3,(H,14,15). The third kappa shape index (κ3) is 2.23. The maximum atomic E-state index is 11.7. The molecule has 0 aliphatic heterocycles. The molecule has 82 valence electrons. The first-order valence-corrected chi connectivity index (χ1v) is 4.93. The van der Waals surface area contributed by atoms with Crippen molar-refractivity contribution in [2.75, 3.05) is 17.7 Å². The largest absolute Gasteiger partial charge is 0.436 e. The molecule has 1 aromatic carbocycles. The number of hydrogen-bond acceptors (Lipinski definition) is 3. The Labute approximate surface area is 93.3 Å². The minimum absolute atomic E-state index is 0.257. The van der Waals surface area contributed by atoms with Crippen molar-refractivity contribution in [3.8, 4) is 0 Å². The van der Waals surface area contributed by atoms with Crippen LogP contribution in [0.2, 0.25) is 0 Å². The van der Waals surface area contributed by atoms with Crippen LogP contribution in [-0.4, -0.2) is 13.0 Å². The van der Waals surface area contributed by atoms with E-state index < -0.39 is 0 Å². The van der Waals surface area contributed by atoms with Gasteiger partial charge in [-0.3, -0.25) is 4.79 Å². The van der Waals surface area contributed by atoms with Crippen molar-refractivity contribution in [2.24, 2.45) is 0 Å². The fourth-order valence-electron chi connectivity index (χ4n) is 1.31. The van der Waals surface area contributed by atoms with Crippen LogP contribution in [-0.2, 0) is 0 Å². The van der Waals surface area contributed by atoms with Gasteiger partial charge in [0.25, 0.3) is 5.91 Å². The summed E-state index contributed by atoms with van der Waals surface area (Å²) in [7, 11) is 1.73. The first kappa shape index (κ1) is 10.3. The number of rotatable bonds is 3. The summed E-state index contributed by atoms with van der Waals surface area (Å²) in [5.74, 6) is 0.596. The van der Waals surface area contributed by atoms with Crippen molar-refractivity contribution in [2.45, 2.75) is 0 Å². The first-order valence-electron chi connectivity index (χ1n) is 4.93. The molecule has 0 saturated heterocycles. The summed E-state index contributed by atoms with van der Waals surface area (Å²) in [4.78, 5) is 11.7. The van der Waals surface area contributed by atoms with E-state index in [0.717, 1.165) is 5.69 Å². The monoisotopic (exact) mass is 216 g/mol. The predicted molar refractivity (Wildman–Crippen MR) is 62.6 cm³/mol. The van der Waals surface area contributed by atoms with Gasteiger partial charge in [-0.05, 0) is 18.2 Å². The predicted octanol–water partition coefficient (Wildman–Crippen LogP) is 2.57. The van der Waals surface area contributed by atoms with Crippen LogP contribution < -0.4 is 10.6 Å². The highest BCUT2D eigenvalue weighted by Gasteiger charge is 2.10. The van der Waals surface area contributed by atoms with E-state index in [2.05, 4.69) is 10.6 Å². The summed E-state index contributed by atoms with van der Waals surface area (Å²) >= 11 is 0. The van der Waals surface area contributed by atoms with Gasteiger partial charge in [0.1, 0.15) is 0 Å². The van der Waals surface area contributed by atoms with E-state index >= 15 is 0 Å². The van der Waals surface area contributed by atoms with Crippen molar-refractivity contribution >= 4 is 17.5 Å². The van der Waals surface area contributed by atoms with Crippen molar-refractivity contribution in [3.63, 3.8) is 0 Å². The number of para-hydroxylation sites is 1. The highest BCUT2D eigenvalue weighted by molar-refractivity contribution is 6.02. The van der Waals surface area contributed by atoms with Crippen LogP contribution in [0.5, 0.6) is 0 Å². The van der Waals surface area contributed by atoms with E-state index in [1.165, 1.54) is 0 Å². The SMILES string of the molecule is CNc1ccc(C(=O)Nc2ccccc2)o1. The Balaban J connectivity index is 2.09. The lowest BCUT2D eigenvalue weighted by Crippen LogP contribution is -2.10. The number of anilines is 2. The Hall–Kier alpha value is -2.23. The van der Waals surface area contributed by atoms with Gasteiger partial charge in [0, 0.05) is 18.8 Å². The normalized spacial score (nSPS) is 9.81. The lowest BCUT2D eigenvalue weighted by molar-refractivity contribution is 0.0997. The molecule has 4 heteroatoms. The van der Waals surface area contributed by atoms with E-state index in [1.54, 1.807) is 19.2 Å². The molecule has 1 heterocycles. The topological polar surface area (TPSA) is 54.3 Å². The van der Waals surface area contributed by atoms with Crippen molar-refractivity contribution in [1.82, 2.24) is 0 Å². The average molecular weight is 216 g/mol. The molecule has 2 N–H and O–H groups in total. The quantitative estimate of drug-likeness (QED) is 0.829. The van der Waals surface area contributed by atoms with E-state index in [0.29, 0.717) is 5.88 Å². The molecule has 1 amide bonds. The lowest BCUT2D eigenvalue weighted by Gasteiger charge is -2.01. The molecule has 0 fully saturated rings. The second-order valence-electron chi connectivity index (χ2n) is 3.23. The van der Waals surface area contributed by atoms with Crippen LogP contribution in [0.25, 0.3) is 0 Å². The van der Waals surface area contributed by atoms with Crippen LogP contribution >= 0.6 is 0 Å². The number of amides is 1. The van der Waals surface area contributed by atoms with Gasteiger partial charge in [-0.15, -0.1) is 0 Å². The van der Waals surface area contributed by atoms with E-state index in [4.69, 9.17) is 4.42 Å². The van der Waals surface area contributed by atoms with E-state index in [-0.39, 0.29) is 11.7 Å². The third-order valence-electron chi connectivity index (χ3n) is 2.11. The molecule has 0 saturated carbocycles. The molecule has 2 rings (SSSR count). The van der Waals surface area contributed by atoms with Crippen LogP contribution in [0.4, 0.5) is 11.6 Å². The van der Waals surface area contributed by atoms with Gasteiger partial charge in [-0.1, -0.05) is 18.2 Å². The highest BCUT2D eigenvalue weighted by Crippen LogP contribution is 2.14. The van der Waals surface area contributed by atoms with Crippen LogP contribution in [0.1, 0.15) is 10.6 Å². The molecular formula is C12H12N2O2. The van der Waals surface area contributed by atoms with Crippen LogP contribution in [0.15, 0.2) is 46.9 Å². The van der Waals surface area contributed by atoms with E-state index in [9.17, 15) is 4.79 Å². The van der Waals surface area contributed by atoms with Gasteiger partial charge in [-0.2, -0.15) is 0 Å². The Bertz CT molecular complexity index is 477. The summed E-state index contributed by atoms with van der Waals surface area (Å²) < 4.78 is 5.24. The Morgan fingerprint density at radius 2 is 1.88 bits per heavy atom. The summed E-state index contributed by atoms with van der Waals surface area (Å²) in [5.41, 5.74) is 0.745. The van der Waals surface area contributed by atoms with Crippen molar-refractivity contribution < 1.29 is 9.21 Å². The smallest absolute Gasteiger partial charge is 0.291 e. The summed E-state index contributed by atoms with van der Waals surface area (Å²) in [6, 6.07) is 12.6. The first-order chi connectivity index (χ1) is 7.79. The molecule has 0 bridgehead atoms. The molecule has 0 atom stereocenters. The summed E-state index contributed by atoms with van der Waals surface area (Å²) in [5, 5.41) is 5.55. The molecule has 0 radical (unpaired) electrons. The molecule has 0 unspecified atom stereocenters. The van der Waals surface area contributed by atoms with Crippen molar-refractivity contribution in [3.05, 3.63) is 48.2 Å². The summed E-state index contributed by atoms with van der Waals surface area (Å²) in [6.07, 6.45) is 0. The molecule has 0 aliphatic rings.